The molecular formula is C15H21F2NO. The van der Waals surface area contributed by atoms with Crippen LogP contribution >= 0.6 is 0 Å². The highest BCUT2D eigenvalue weighted by atomic mass is 19.2. The topological polar surface area (TPSA) is 32.3 Å². The first-order valence-electron chi connectivity index (χ1n) is 6.86. The molecule has 1 aromatic carbocycles. The zero-order valence-electron chi connectivity index (χ0n) is 11.3. The molecule has 1 fully saturated rings. The maximum absolute atomic E-state index is 13.4. The van der Waals surface area contributed by atoms with Gasteiger partial charge in [0.15, 0.2) is 11.6 Å². The molecule has 1 saturated carbocycles. The van der Waals surface area contributed by atoms with Gasteiger partial charge in [-0.25, -0.2) is 8.78 Å². The first-order valence-corrected chi connectivity index (χ1v) is 6.86. The summed E-state index contributed by atoms with van der Waals surface area (Å²) in [5, 5.41) is 13.5. The summed E-state index contributed by atoms with van der Waals surface area (Å²) in [6, 6.07) is 4.15. The molecule has 2 rings (SSSR count). The van der Waals surface area contributed by atoms with E-state index in [2.05, 4.69) is 12.2 Å². The Balaban J connectivity index is 1.87. The lowest BCUT2D eigenvalue weighted by Crippen LogP contribution is -2.43. The average Bonchev–Trinajstić information content (AvgIpc) is 2.34. The van der Waals surface area contributed by atoms with Crippen LogP contribution in [0.25, 0.3) is 0 Å². The normalized spacial score (nSPS) is 27.5. The van der Waals surface area contributed by atoms with E-state index in [-0.39, 0.29) is 6.54 Å². The summed E-state index contributed by atoms with van der Waals surface area (Å²) in [7, 11) is 0. The molecule has 1 aliphatic rings. The first-order chi connectivity index (χ1) is 9.00. The molecule has 1 aliphatic carbocycles. The standard InChI is InChI=1S/C15H21F2NO/c1-11-4-3-7-15(19,8-11)10-18-9-12-5-2-6-13(16)14(12)17/h2,5-6,11,18-19H,3-4,7-10H2,1H3. The zero-order chi connectivity index (χ0) is 13.9. The van der Waals surface area contributed by atoms with E-state index in [9.17, 15) is 13.9 Å². The van der Waals surface area contributed by atoms with E-state index in [1.165, 1.54) is 6.07 Å². The fourth-order valence-corrected chi connectivity index (χ4v) is 2.91. The minimum absolute atomic E-state index is 0.236. The van der Waals surface area contributed by atoms with Gasteiger partial charge in [-0.1, -0.05) is 31.9 Å². The largest absolute Gasteiger partial charge is 0.389 e. The van der Waals surface area contributed by atoms with Gasteiger partial charge in [0.2, 0.25) is 0 Å². The van der Waals surface area contributed by atoms with Gasteiger partial charge >= 0.3 is 0 Å². The van der Waals surface area contributed by atoms with Gasteiger partial charge in [-0.2, -0.15) is 0 Å². The maximum atomic E-state index is 13.4. The Morgan fingerprint density at radius 1 is 1.42 bits per heavy atom. The Morgan fingerprint density at radius 2 is 2.21 bits per heavy atom. The summed E-state index contributed by atoms with van der Waals surface area (Å²) in [6.45, 7) is 2.80. The summed E-state index contributed by atoms with van der Waals surface area (Å²) < 4.78 is 26.5. The molecular weight excluding hydrogens is 248 g/mol. The van der Waals surface area contributed by atoms with E-state index in [1.807, 2.05) is 0 Å². The predicted molar refractivity (Wildman–Crippen MR) is 70.6 cm³/mol. The summed E-state index contributed by atoms with van der Waals surface area (Å²) in [6.07, 6.45) is 3.72. The van der Waals surface area contributed by atoms with E-state index in [0.717, 1.165) is 31.7 Å². The van der Waals surface area contributed by atoms with Gasteiger partial charge in [0.05, 0.1) is 5.60 Å². The Morgan fingerprint density at radius 3 is 2.95 bits per heavy atom. The molecule has 2 unspecified atom stereocenters. The van der Waals surface area contributed by atoms with Crippen LogP contribution in [-0.4, -0.2) is 17.3 Å². The number of rotatable bonds is 4. The van der Waals surface area contributed by atoms with Crippen LogP contribution in [-0.2, 0) is 6.54 Å². The molecule has 0 radical (unpaired) electrons. The molecule has 19 heavy (non-hydrogen) atoms. The minimum Gasteiger partial charge on any atom is -0.389 e. The lowest BCUT2D eigenvalue weighted by atomic mass is 9.79. The van der Waals surface area contributed by atoms with Gasteiger partial charge < -0.3 is 10.4 Å². The van der Waals surface area contributed by atoms with Crippen LogP contribution < -0.4 is 5.32 Å². The van der Waals surface area contributed by atoms with Gasteiger partial charge in [0.1, 0.15) is 0 Å². The fraction of sp³-hybridized carbons (Fsp3) is 0.600. The maximum Gasteiger partial charge on any atom is 0.163 e. The number of hydrogen-bond donors (Lipinski definition) is 2. The lowest BCUT2D eigenvalue weighted by molar-refractivity contribution is -0.0119. The highest BCUT2D eigenvalue weighted by molar-refractivity contribution is 5.18. The summed E-state index contributed by atoms with van der Waals surface area (Å²) in [4.78, 5) is 0. The summed E-state index contributed by atoms with van der Waals surface area (Å²) in [5.74, 6) is -1.12. The third-order valence-corrected chi connectivity index (χ3v) is 3.87. The zero-order valence-corrected chi connectivity index (χ0v) is 11.3. The summed E-state index contributed by atoms with van der Waals surface area (Å²) in [5.41, 5.74) is -0.408. The number of aliphatic hydroxyl groups is 1. The summed E-state index contributed by atoms with van der Waals surface area (Å²) >= 11 is 0. The van der Waals surface area contributed by atoms with Crippen LogP contribution in [0.3, 0.4) is 0 Å². The third kappa shape index (κ3) is 3.74. The van der Waals surface area contributed by atoms with Gasteiger partial charge in [-0.15, -0.1) is 0 Å². The molecule has 0 saturated heterocycles. The Kier molecular flexibility index (Phi) is 4.53. The van der Waals surface area contributed by atoms with E-state index in [4.69, 9.17) is 0 Å². The molecule has 0 amide bonds. The van der Waals surface area contributed by atoms with Gasteiger partial charge in [0.25, 0.3) is 0 Å². The predicted octanol–water partition coefficient (Wildman–Crippen LogP) is 3.00. The molecule has 0 aliphatic heterocycles. The second-order valence-electron chi connectivity index (χ2n) is 5.74. The Labute approximate surface area is 112 Å². The number of nitrogens with one attached hydrogen (secondary N) is 1. The van der Waals surface area contributed by atoms with Crippen molar-refractivity contribution in [3.8, 4) is 0 Å². The van der Waals surface area contributed by atoms with Crippen LogP contribution in [0.5, 0.6) is 0 Å². The highest BCUT2D eigenvalue weighted by Gasteiger charge is 2.32. The molecule has 2 nitrogen and oxygen atoms in total. The molecule has 0 bridgehead atoms. The molecule has 0 aromatic heterocycles. The number of hydrogen-bond acceptors (Lipinski definition) is 2. The van der Waals surface area contributed by atoms with Crippen LogP contribution in [0.15, 0.2) is 18.2 Å². The van der Waals surface area contributed by atoms with Gasteiger partial charge in [-0.05, 0) is 24.8 Å². The fourth-order valence-electron chi connectivity index (χ4n) is 2.91. The second kappa shape index (κ2) is 5.97. The van der Waals surface area contributed by atoms with Crippen molar-refractivity contribution >= 4 is 0 Å². The van der Waals surface area contributed by atoms with E-state index in [0.29, 0.717) is 18.0 Å². The Bertz CT molecular complexity index is 438. The van der Waals surface area contributed by atoms with Gasteiger partial charge in [-0.3, -0.25) is 0 Å². The molecule has 106 valence electrons. The van der Waals surface area contributed by atoms with Crippen molar-refractivity contribution in [1.29, 1.82) is 0 Å². The van der Waals surface area contributed by atoms with Crippen molar-refractivity contribution in [3.05, 3.63) is 35.4 Å². The molecule has 1 aromatic rings. The van der Waals surface area contributed by atoms with Crippen molar-refractivity contribution in [2.24, 2.45) is 5.92 Å². The Hall–Kier alpha value is -1.00. The van der Waals surface area contributed by atoms with Crippen LogP contribution in [0.1, 0.15) is 38.2 Å². The SMILES string of the molecule is CC1CCCC(O)(CNCc2cccc(F)c2F)C1. The van der Waals surface area contributed by atoms with E-state index >= 15 is 0 Å². The monoisotopic (exact) mass is 269 g/mol. The molecule has 0 heterocycles. The highest BCUT2D eigenvalue weighted by Crippen LogP contribution is 2.31. The van der Waals surface area contributed by atoms with Gasteiger partial charge in [0, 0.05) is 18.7 Å². The minimum atomic E-state index is -0.829. The van der Waals surface area contributed by atoms with E-state index < -0.39 is 17.2 Å². The van der Waals surface area contributed by atoms with Crippen LogP contribution in [0.2, 0.25) is 0 Å². The second-order valence-corrected chi connectivity index (χ2v) is 5.74. The molecule has 2 N–H and O–H groups in total. The molecule has 4 heteroatoms. The third-order valence-electron chi connectivity index (χ3n) is 3.87. The molecule has 2 atom stereocenters. The van der Waals surface area contributed by atoms with Crippen molar-refractivity contribution in [1.82, 2.24) is 5.32 Å². The van der Waals surface area contributed by atoms with Crippen molar-refractivity contribution in [2.45, 2.75) is 44.8 Å². The smallest absolute Gasteiger partial charge is 0.163 e. The van der Waals surface area contributed by atoms with E-state index in [1.54, 1.807) is 6.07 Å². The average molecular weight is 269 g/mol. The number of halogens is 2. The first kappa shape index (κ1) is 14.4. The quantitative estimate of drug-likeness (QED) is 0.880. The van der Waals surface area contributed by atoms with Crippen molar-refractivity contribution in [3.63, 3.8) is 0 Å². The van der Waals surface area contributed by atoms with Crippen molar-refractivity contribution in [2.75, 3.05) is 6.54 Å². The lowest BCUT2D eigenvalue weighted by Gasteiger charge is -2.35. The van der Waals surface area contributed by atoms with Crippen LogP contribution in [0.4, 0.5) is 8.78 Å². The van der Waals surface area contributed by atoms with Crippen molar-refractivity contribution < 1.29 is 13.9 Å². The molecule has 0 spiro atoms. The van der Waals surface area contributed by atoms with Crippen LogP contribution in [0, 0.1) is 17.6 Å². The number of benzene rings is 1.